The van der Waals surface area contributed by atoms with Crippen LogP contribution in [0.15, 0.2) is 0 Å². The van der Waals surface area contributed by atoms with Crippen molar-refractivity contribution in [3.05, 3.63) is 5.32 Å². The van der Waals surface area contributed by atoms with Crippen molar-refractivity contribution in [2.24, 2.45) is 23.7 Å². The van der Waals surface area contributed by atoms with Gasteiger partial charge < -0.3 is 5.32 Å². The molecule has 2 fully saturated rings. The maximum atomic E-state index is 4.47. The topological polar surface area (TPSA) is 14.1 Å². The number of piperidine rings is 1. The third kappa shape index (κ3) is 3.84. The van der Waals surface area contributed by atoms with Gasteiger partial charge in [-0.25, -0.2) is 0 Å². The van der Waals surface area contributed by atoms with E-state index in [9.17, 15) is 0 Å². The molecule has 0 aromatic rings. The summed E-state index contributed by atoms with van der Waals surface area (Å²) >= 11 is 0. The van der Waals surface area contributed by atoms with Crippen LogP contribution in [0.1, 0.15) is 52.4 Å². The molecule has 0 N–H and O–H groups in total. The van der Waals surface area contributed by atoms with Gasteiger partial charge in [0.2, 0.25) is 0 Å². The molecule has 0 unspecified atom stereocenters. The van der Waals surface area contributed by atoms with E-state index in [0.29, 0.717) is 0 Å². The van der Waals surface area contributed by atoms with Crippen LogP contribution >= 0.6 is 0 Å². The van der Waals surface area contributed by atoms with E-state index in [1.165, 1.54) is 38.5 Å². The summed E-state index contributed by atoms with van der Waals surface area (Å²) < 4.78 is 0. The normalized spacial score (nSPS) is 32.4. The van der Waals surface area contributed by atoms with Crippen molar-refractivity contribution in [1.29, 1.82) is 0 Å². The van der Waals surface area contributed by atoms with Crippen molar-refractivity contribution in [2.75, 3.05) is 13.1 Å². The van der Waals surface area contributed by atoms with Crippen LogP contribution in [-0.4, -0.2) is 13.1 Å². The fourth-order valence-corrected chi connectivity index (χ4v) is 3.52. The minimum Gasteiger partial charge on any atom is -0.662 e. The van der Waals surface area contributed by atoms with Gasteiger partial charge in [0, 0.05) is 21.1 Å². The van der Waals surface area contributed by atoms with Crippen LogP contribution < -0.4 is 0 Å². The van der Waals surface area contributed by atoms with Gasteiger partial charge in [0.25, 0.3) is 0 Å². The quantitative estimate of drug-likeness (QED) is 0.668. The molecule has 0 aromatic carbocycles. The van der Waals surface area contributed by atoms with E-state index in [4.69, 9.17) is 0 Å². The van der Waals surface area contributed by atoms with E-state index in [1.54, 1.807) is 0 Å². The first-order valence-corrected chi connectivity index (χ1v) is 6.90. The Bertz CT molecular complexity index is 179. The molecule has 1 aliphatic heterocycles. The fourth-order valence-electron chi connectivity index (χ4n) is 3.52. The molecule has 0 aromatic heterocycles. The molecule has 0 amide bonds. The summed E-state index contributed by atoms with van der Waals surface area (Å²) in [5, 5.41) is 4.47. The Labute approximate surface area is 115 Å². The minimum atomic E-state index is 0. The van der Waals surface area contributed by atoms with Crippen LogP contribution in [0.3, 0.4) is 0 Å². The van der Waals surface area contributed by atoms with Crippen molar-refractivity contribution in [3.63, 3.8) is 0 Å². The molecule has 0 radical (unpaired) electrons. The van der Waals surface area contributed by atoms with Gasteiger partial charge in [0.05, 0.1) is 0 Å². The van der Waals surface area contributed by atoms with Crippen LogP contribution in [0.4, 0.5) is 0 Å². The number of hydrogen-bond donors (Lipinski definition) is 0. The van der Waals surface area contributed by atoms with Crippen molar-refractivity contribution < 1.29 is 21.1 Å². The molecule has 1 saturated carbocycles. The molecule has 16 heavy (non-hydrogen) atoms. The van der Waals surface area contributed by atoms with E-state index >= 15 is 0 Å². The summed E-state index contributed by atoms with van der Waals surface area (Å²) in [6.07, 6.45) is 8.78. The fraction of sp³-hybridized carbons (Fsp3) is 1.00. The number of rotatable bonds is 2. The van der Waals surface area contributed by atoms with Crippen molar-refractivity contribution in [2.45, 2.75) is 52.4 Å². The first-order chi connectivity index (χ1) is 7.27. The molecular weight excluding hydrogens is 366 g/mol. The standard InChI is InChI=1S/C14H26N.W/c1-11(2)12-3-5-13(6-4-12)14-7-9-15-10-8-14;/h11-14H,3-10H2,1-2H3;/q-1;. The molecule has 1 heterocycles. The third-order valence-electron chi connectivity index (χ3n) is 4.74. The summed E-state index contributed by atoms with van der Waals surface area (Å²) in [6, 6.07) is 0. The van der Waals surface area contributed by atoms with Crippen LogP contribution in [-0.2, 0) is 21.1 Å². The minimum absolute atomic E-state index is 0. The van der Waals surface area contributed by atoms with Gasteiger partial charge in [0.1, 0.15) is 0 Å². The number of nitrogens with zero attached hydrogens (tertiary/aromatic N) is 1. The van der Waals surface area contributed by atoms with Crippen LogP contribution in [0.2, 0.25) is 0 Å². The monoisotopic (exact) mass is 392 g/mol. The molecule has 94 valence electrons. The van der Waals surface area contributed by atoms with Crippen molar-refractivity contribution in [3.8, 4) is 0 Å². The zero-order valence-electron chi connectivity index (χ0n) is 10.8. The van der Waals surface area contributed by atoms with Gasteiger partial charge >= 0.3 is 0 Å². The van der Waals surface area contributed by atoms with Crippen LogP contribution in [0.25, 0.3) is 5.32 Å². The second kappa shape index (κ2) is 7.16. The molecule has 2 aliphatic rings. The van der Waals surface area contributed by atoms with Gasteiger partial charge in [0.15, 0.2) is 0 Å². The SMILES string of the molecule is CC(C)C1CCC(C2CC[N-]CC2)CC1.[W]. The van der Waals surface area contributed by atoms with Crippen LogP contribution in [0, 0.1) is 23.7 Å². The van der Waals surface area contributed by atoms with Crippen molar-refractivity contribution >= 4 is 0 Å². The van der Waals surface area contributed by atoms with Gasteiger partial charge in [-0.3, -0.25) is 0 Å². The Balaban J connectivity index is 0.00000128. The number of hydrogen-bond acceptors (Lipinski definition) is 0. The molecule has 1 nitrogen and oxygen atoms in total. The Morgan fingerprint density at radius 2 is 1.31 bits per heavy atom. The second-order valence-corrected chi connectivity index (χ2v) is 5.93. The van der Waals surface area contributed by atoms with E-state index in [1.807, 2.05) is 0 Å². The Morgan fingerprint density at radius 1 is 0.812 bits per heavy atom. The molecule has 1 saturated heterocycles. The molecule has 2 rings (SSSR count). The average molecular weight is 392 g/mol. The maximum Gasteiger partial charge on any atom is 0 e. The molecule has 2 heteroatoms. The van der Waals surface area contributed by atoms with Gasteiger partial charge in [-0.2, -0.15) is 0 Å². The van der Waals surface area contributed by atoms with E-state index < -0.39 is 0 Å². The Hall–Kier alpha value is 0.648. The molecule has 0 atom stereocenters. The zero-order chi connectivity index (χ0) is 10.7. The first kappa shape index (κ1) is 14.7. The maximum absolute atomic E-state index is 4.47. The Kier molecular flexibility index (Phi) is 6.59. The van der Waals surface area contributed by atoms with E-state index in [0.717, 1.165) is 36.8 Å². The second-order valence-electron chi connectivity index (χ2n) is 5.93. The van der Waals surface area contributed by atoms with Gasteiger partial charge in [-0.1, -0.05) is 26.7 Å². The summed E-state index contributed by atoms with van der Waals surface area (Å²) in [7, 11) is 0. The average Bonchev–Trinajstić information content (AvgIpc) is 2.30. The molecule has 1 aliphatic carbocycles. The molecule has 0 bridgehead atoms. The summed E-state index contributed by atoms with van der Waals surface area (Å²) in [5.74, 6) is 4.01. The van der Waals surface area contributed by atoms with E-state index in [2.05, 4.69) is 19.2 Å². The smallest absolute Gasteiger partial charge is 0 e. The zero-order valence-corrected chi connectivity index (χ0v) is 13.8. The Morgan fingerprint density at radius 3 is 1.81 bits per heavy atom. The van der Waals surface area contributed by atoms with E-state index in [-0.39, 0.29) is 21.1 Å². The summed E-state index contributed by atoms with van der Waals surface area (Å²) in [4.78, 5) is 0. The van der Waals surface area contributed by atoms with Gasteiger partial charge in [-0.15, -0.1) is 13.1 Å². The third-order valence-corrected chi connectivity index (χ3v) is 4.74. The van der Waals surface area contributed by atoms with Crippen molar-refractivity contribution in [1.82, 2.24) is 0 Å². The largest absolute Gasteiger partial charge is 0.662 e. The summed E-state index contributed by atoms with van der Waals surface area (Å²) in [6.45, 7) is 7.08. The van der Waals surface area contributed by atoms with Gasteiger partial charge in [-0.05, 0) is 49.4 Å². The predicted octanol–water partition coefficient (Wildman–Crippen LogP) is 4.23. The molecule has 0 spiro atoms. The first-order valence-electron chi connectivity index (χ1n) is 6.90. The summed E-state index contributed by atoms with van der Waals surface area (Å²) in [5.41, 5.74) is 0. The van der Waals surface area contributed by atoms with Crippen LogP contribution in [0.5, 0.6) is 0 Å². The predicted molar refractivity (Wildman–Crippen MR) is 66.1 cm³/mol. The molecular formula is C14H26NW-.